The van der Waals surface area contributed by atoms with Crippen LogP contribution in [0, 0.1) is 35.5 Å². The van der Waals surface area contributed by atoms with Crippen LogP contribution in [-0.4, -0.2) is 63.9 Å². The number of carbonyl (C=O) groups excluding carboxylic acids is 6. The average molecular weight is 384 g/mol. The van der Waals surface area contributed by atoms with E-state index in [4.69, 9.17) is 0 Å². The van der Waals surface area contributed by atoms with E-state index in [1.807, 2.05) is 0 Å². The second-order valence-corrected chi connectivity index (χ2v) is 6.37. The molecule has 0 amide bonds. The van der Waals surface area contributed by atoms with Crippen LogP contribution in [0.25, 0.3) is 0 Å². The first kappa shape index (κ1) is 20.5. The van der Waals surface area contributed by atoms with Gasteiger partial charge in [0.15, 0.2) is 11.6 Å². The summed E-state index contributed by atoms with van der Waals surface area (Å²) in [6, 6.07) is 0. The molecular weight excluding hydrogens is 364 g/mol. The Morgan fingerprint density at radius 2 is 0.815 bits per heavy atom. The highest BCUT2D eigenvalue weighted by Gasteiger charge is 2.64. The summed E-state index contributed by atoms with van der Waals surface area (Å²) in [4.78, 5) is 74.8. The zero-order valence-electron chi connectivity index (χ0n) is 15.3. The lowest BCUT2D eigenvalue weighted by Crippen LogP contribution is -2.61. The molecule has 0 aromatic rings. The zero-order valence-corrected chi connectivity index (χ0v) is 15.3. The molecule has 0 unspecified atom stereocenters. The largest absolute Gasteiger partial charge is 0.468 e. The average Bonchev–Trinajstić information content (AvgIpc) is 2.66. The summed E-state index contributed by atoms with van der Waals surface area (Å²) in [5.41, 5.74) is 0. The molecule has 10 heteroatoms. The summed E-state index contributed by atoms with van der Waals surface area (Å²) in [5, 5.41) is 0. The number of rotatable bonds is 4. The molecular formula is C17H20O10. The van der Waals surface area contributed by atoms with E-state index in [0.29, 0.717) is 0 Å². The minimum Gasteiger partial charge on any atom is -0.468 e. The molecule has 0 aliphatic heterocycles. The number of methoxy groups -OCH3 is 4. The second kappa shape index (κ2) is 7.85. The van der Waals surface area contributed by atoms with Crippen molar-refractivity contribution in [1.29, 1.82) is 0 Å². The number of fused-ring (bicyclic) bond motifs is 2. The molecule has 2 fully saturated rings. The fourth-order valence-electron chi connectivity index (χ4n) is 4.15. The number of carbonyl (C=O) groups is 6. The first-order chi connectivity index (χ1) is 12.7. The number of hydrogen-bond acceptors (Lipinski definition) is 10. The highest BCUT2D eigenvalue weighted by molar-refractivity contribution is 6.16. The number of Topliss-reactive ketones (excluding diaryl/α,β-unsaturated/α-hetero) is 2. The Hall–Kier alpha value is -2.78. The Balaban J connectivity index is 2.64. The first-order valence-corrected chi connectivity index (χ1v) is 8.13. The van der Waals surface area contributed by atoms with E-state index >= 15 is 0 Å². The van der Waals surface area contributed by atoms with Crippen LogP contribution in [0.1, 0.15) is 6.42 Å². The Kier molecular flexibility index (Phi) is 5.97. The first-order valence-electron chi connectivity index (χ1n) is 8.13. The number of esters is 4. The standard InChI is InChI=1S/C17H20O10/c1-24-14(20)8-6-5-7(10(12(8)18)16(22)26-3)11(17(23)27-4)13(19)9(6)15(21)25-2/h6-11H,5H2,1-4H3/t6?,7?,8-,9-,10+,11+. The minimum absolute atomic E-state index is 0.101. The van der Waals surface area contributed by atoms with Gasteiger partial charge >= 0.3 is 23.9 Å². The maximum absolute atomic E-state index is 12.9. The van der Waals surface area contributed by atoms with Crippen LogP contribution in [0.15, 0.2) is 0 Å². The Bertz CT molecular complexity index is 586. The van der Waals surface area contributed by atoms with Gasteiger partial charge in [-0.15, -0.1) is 0 Å². The topological polar surface area (TPSA) is 139 Å². The summed E-state index contributed by atoms with van der Waals surface area (Å²) in [7, 11) is 4.18. The van der Waals surface area contributed by atoms with Gasteiger partial charge in [0.2, 0.25) is 0 Å². The quantitative estimate of drug-likeness (QED) is 0.334. The van der Waals surface area contributed by atoms with Gasteiger partial charge in [0.05, 0.1) is 28.4 Å². The van der Waals surface area contributed by atoms with Crippen LogP contribution >= 0.6 is 0 Å². The van der Waals surface area contributed by atoms with Crippen LogP contribution in [0.2, 0.25) is 0 Å². The van der Waals surface area contributed by atoms with E-state index in [9.17, 15) is 28.8 Å². The van der Waals surface area contributed by atoms with E-state index in [1.54, 1.807) is 0 Å². The minimum atomic E-state index is -1.53. The molecule has 2 saturated carbocycles. The summed E-state index contributed by atoms with van der Waals surface area (Å²) in [6.45, 7) is 0. The Labute approximate surface area is 154 Å². The molecule has 0 N–H and O–H groups in total. The van der Waals surface area contributed by atoms with Crippen molar-refractivity contribution in [3.8, 4) is 0 Å². The maximum Gasteiger partial charge on any atom is 0.316 e. The highest BCUT2D eigenvalue weighted by Crippen LogP contribution is 2.49. The number of ketones is 2. The van der Waals surface area contributed by atoms with Gasteiger partial charge in [-0.25, -0.2) is 0 Å². The third-order valence-electron chi connectivity index (χ3n) is 5.30. The molecule has 0 aromatic heterocycles. The lowest BCUT2D eigenvalue weighted by Gasteiger charge is -2.46. The van der Waals surface area contributed by atoms with E-state index in [2.05, 4.69) is 18.9 Å². The van der Waals surface area contributed by atoms with Gasteiger partial charge < -0.3 is 18.9 Å². The van der Waals surface area contributed by atoms with Crippen molar-refractivity contribution in [2.75, 3.05) is 28.4 Å². The van der Waals surface area contributed by atoms with Gasteiger partial charge in [0.25, 0.3) is 0 Å². The summed E-state index contributed by atoms with van der Waals surface area (Å²) < 4.78 is 18.6. The van der Waals surface area contributed by atoms with Crippen molar-refractivity contribution in [2.45, 2.75) is 6.42 Å². The fraction of sp³-hybridized carbons (Fsp3) is 0.647. The van der Waals surface area contributed by atoms with Crippen LogP contribution in [0.4, 0.5) is 0 Å². The van der Waals surface area contributed by atoms with Gasteiger partial charge in [-0.3, -0.25) is 28.8 Å². The normalized spacial score (nSPS) is 32.3. The van der Waals surface area contributed by atoms with Gasteiger partial charge in [0, 0.05) is 0 Å². The number of ether oxygens (including phenoxy) is 4. The molecule has 0 spiro atoms. The Morgan fingerprint density at radius 3 is 1.00 bits per heavy atom. The van der Waals surface area contributed by atoms with Crippen LogP contribution < -0.4 is 0 Å². The van der Waals surface area contributed by atoms with Crippen LogP contribution in [-0.2, 0) is 47.7 Å². The lowest BCUT2D eigenvalue weighted by molar-refractivity contribution is -0.178. The summed E-state index contributed by atoms with van der Waals surface area (Å²) >= 11 is 0. The third kappa shape index (κ3) is 3.19. The lowest BCUT2D eigenvalue weighted by atomic mass is 9.53. The molecule has 2 aliphatic rings. The van der Waals surface area contributed by atoms with Crippen molar-refractivity contribution in [3.63, 3.8) is 0 Å². The SMILES string of the molecule is COC(=O)[C@@H]1C(=O)[C@H](C(=O)OC)C2CC1[C@H](C(=O)OC)C(=O)[C@@H]2C(=O)OC. The van der Waals surface area contributed by atoms with Gasteiger partial charge in [-0.05, 0) is 18.3 Å². The van der Waals surface area contributed by atoms with Crippen molar-refractivity contribution in [1.82, 2.24) is 0 Å². The molecule has 148 valence electrons. The molecule has 4 atom stereocenters. The molecule has 2 aliphatic carbocycles. The highest BCUT2D eigenvalue weighted by atomic mass is 16.5. The third-order valence-corrected chi connectivity index (χ3v) is 5.30. The van der Waals surface area contributed by atoms with Crippen molar-refractivity contribution >= 4 is 35.4 Å². The fourth-order valence-corrected chi connectivity index (χ4v) is 4.15. The molecule has 10 nitrogen and oxygen atoms in total. The smallest absolute Gasteiger partial charge is 0.316 e. The van der Waals surface area contributed by atoms with Crippen molar-refractivity contribution in [3.05, 3.63) is 0 Å². The van der Waals surface area contributed by atoms with E-state index in [-0.39, 0.29) is 6.42 Å². The molecule has 0 radical (unpaired) electrons. The monoisotopic (exact) mass is 384 g/mol. The molecule has 27 heavy (non-hydrogen) atoms. The predicted molar refractivity (Wildman–Crippen MR) is 83.6 cm³/mol. The van der Waals surface area contributed by atoms with Gasteiger partial charge in [-0.2, -0.15) is 0 Å². The van der Waals surface area contributed by atoms with E-state index in [0.717, 1.165) is 28.4 Å². The summed E-state index contributed by atoms with van der Waals surface area (Å²) in [5.74, 6) is -13.9. The molecule has 2 bridgehead atoms. The predicted octanol–water partition coefficient (Wildman–Crippen LogP) is -1.07. The van der Waals surface area contributed by atoms with Crippen LogP contribution in [0.3, 0.4) is 0 Å². The molecule has 0 aromatic carbocycles. The maximum atomic E-state index is 12.9. The zero-order chi connectivity index (χ0) is 20.5. The number of hydrogen-bond donors (Lipinski definition) is 0. The van der Waals surface area contributed by atoms with Crippen molar-refractivity contribution in [2.24, 2.45) is 35.5 Å². The van der Waals surface area contributed by atoms with Crippen molar-refractivity contribution < 1.29 is 47.7 Å². The van der Waals surface area contributed by atoms with Gasteiger partial charge in [0.1, 0.15) is 23.7 Å². The summed E-state index contributed by atoms with van der Waals surface area (Å²) in [6.07, 6.45) is -0.101. The molecule has 2 rings (SSSR count). The molecule has 0 heterocycles. The van der Waals surface area contributed by atoms with E-state index < -0.39 is 71.0 Å². The Morgan fingerprint density at radius 1 is 0.593 bits per heavy atom. The molecule has 0 saturated heterocycles. The van der Waals surface area contributed by atoms with Gasteiger partial charge in [-0.1, -0.05) is 0 Å². The van der Waals surface area contributed by atoms with Crippen LogP contribution in [0.5, 0.6) is 0 Å². The second-order valence-electron chi connectivity index (χ2n) is 6.37. The van der Waals surface area contributed by atoms with E-state index in [1.165, 1.54) is 0 Å².